The van der Waals surface area contributed by atoms with Crippen LogP contribution >= 0.6 is 0 Å². The highest BCUT2D eigenvalue weighted by Crippen LogP contribution is 2.39. The number of aliphatic hydroxyl groups is 1. The van der Waals surface area contributed by atoms with Gasteiger partial charge in [0.05, 0.1) is 6.61 Å². The van der Waals surface area contributed by atoms with Crippen LogP contribution in [-0.4, -0.2) is 60.2 Å². The summed E-state index contributed by atoms with van der Waals surface area (Å²) in [5.74, 6) is 0.306. The van der Waals surface area contributed by atoms with E-state index in [1.165, 1.54) is 6.07 Å². The molecule has 0 aromatic heterocycles. The zero-order valence-corrected chi connectivity index (χ0v) is 14.9. The molecule has 26 heavy (non-hydrogen) atoms. The molecule has 1 amide bonds. The van der Waals surface area contributed by atoms with Gasteiger partial charge in [0.2, 0.25) is 5.91 Å². The topological polar surface area (TPSA) is 53.0 Å². The summed E-state index contributed by atoms with van der Waals surface area (Å²) in [7, 11) is 0. The van der Waals surface area contributed by atoms with Gasteiger partial charge in [-0.05, 0) is 43.5 Å². The molecule has 2 fully saturated rings. The third-order valence-electron chi connectivity index (χ3n) is 5.39. The number of halogens is 2. The first kappa shape index (κ1) is 19.0. The van der Waals surface area contributed by atoms with Crippen LogP contribution in [0.2, 0.25) is 0 Å². The zero-order chi connectivity index (χ0) is 18.6. The van der Waals surface area contributed by atoms with E-state index in [1.807, 2.05) is 6.07 Å². The van der Waals surface area contributed by atoms with Crippen molar-refractivity contribution in [3.8, 4) is 5.75 Å². The Labute approximate surface area is 152 Å². The van der Waals surface area contributed by atoms with E-state index >= 15 is 0 Å². The maximum Gasteiger partial charge on any atom is 0.387 e. The van der Waals surface area contributed by atoms with Crippen LogP contribution in [0.3, 0.4) is 0 Å². The maximum absolute atomic E-state index is 12.4. The van der Waals surface area contributed by atoms with Crippen molar-refractivity contribution in [3.63, 3.8) is 0 Å². The van der Waals surface area contributed by atoms with E-state index in [0.717, 1.165) is 37.9 Å². The molecule has 0 bridgehead atoms. The van der Waals surface area contributed by atoms with E-state index in [4.69, 9.17) is 0 Å². The minimum atomic E-state index is -2.82. The third kappa shape index (κ3) is 4.71. The van der Waals surface area contributed by atoms with Crippen LogP contribution < -0.4 is 4.74 Å². The van der Waals surface area contributed by atoms with Crippen molar-refractivity contribution in [2.75, 3.05) is 32.8 Å². The Hall–Kier alpha value is -1.73. The normalized spacial score (nSPS) is 24.5. The van der Waals surface area contributed by atoms with Gasteiger partial charge in [-0.1, -0.05) is 12.1 Å². The number of benzene rings is 1. The fraction of sp³-hybridized carbons (Fsp3) is 0.632. The second-order valence-corrected chi connectivity index (χ2v) is 7.38. The number of rotatable bonds is 6. The van der Waals surface area contributed by atoms with E-state index in [1.54, 1.807) is 17.0 Å². The van der Waals surface area contributed by atoms with Gasteiger partial charge in [-0.2, -0.15) is 8.78 Å². The van der Waals surface area contributed by atoms with Gasteiger partial charge in [-0.3, -0.25) is 9.69 Å². The van der Waals surface area contributed by atoms with Crippen LogP contribution in [0, 0.1) is 5.41 Å². The van der Waals surface area contributed by atoms with Crippen molar-refractivity contribution in [1.29, 1.82) is 0 Å². The van der Waals surface area contributed by atoms with Crippen molar-refractivity contribution in [2.24, 2.45) is 5.41 Å². The predicted octanol–water partition coefficient (Wildman–Crippen LogP) is 2.48. The lowest BCUT2D eigenvalue weighted by molar-refractivity contribution is -0.140. The number of ether oxygens (including phenoxy) is 1. The minimum Gasteiger partial charge on any atom is -0.435 e. The average molecular weight is 368 g/mol. The fourth-order valence-corrected chi connectivity index (χ4v) is 4.28. The Bertz CT molecular complexity index is 629. The van der Waals surface area contributed by atoms with Crippen molar-refractivity contribution in [2.45, 2.75) is 38.8 Å². The highest BCUT2D eigenvalue weighted by Gasteiger charge is 2.41. The van der Waals surface area contributed by atoms with E-state index in [9.17, 15) is 18.7 Å². The number of amides is 1. The Morgan fingerprint density at radius 1 is 1.27 bits per heavy atom. The Morgan fingerprint density at radius 3 is 2.88 bits per heavy atom. The number of carbonyl (C=O) groups is 1. The zero-order valence-electron chi connectivity index (χ0n) is 14.9. The first-order valence-corrected chi connectivity index (χ1v) is 9.14. The van der Waals surface area contributed by atoms with Gasteiger partial charge in [0.25, 0.3) is 0 Å². The number of nitrogens with zero attached hydrogens (tertiary/aromatic N) is 2. The smallest absolute Gasteiger partial charge is 0.387 e. The summed E-state index contributed by atoms with van der Waals surface area (Å²) >= 11 is 0. The Kier molecular flexibility index (Phi) is 6.09. The van der Waals surface area contributed by atoms with Crippen LogP contribution in [0.15, 0.2) is 24.3 Å². The molecule has 0 radical (unpaired) electrons. The number of alkyl halides is 2. The lowest BCUT2D eigenvalue weighted by Crippen LogP contribution is -2.54. The summed E-state index contributed by atoms with van der Waals surface area (Å²) in [4.78, 5) is 16.1. The molecule has 2 saturated heterocycles. The Balaban J connectivity index is 1.64. The number of hydrogen-bond donors (Lipinski definition) is 1. The highest BCUT2D eigenvalue weighted by molar-refractivity contribution is 5.77. The molecule has 2 heterocycles. The van der Waals surface area contributed by atoms with Gasteiger partial charge in [0.15, 0.2) is 0 Å². The monoisotopic (exact) mass is 368 g/mol. The lowest BCUT2D eigenvalue weighted by Gasteiger charge is -2.48. The second kappa shape index (κ2) is 8.31. The Morgan fingerprint density at radius 2 is 2.12 bits per heavy atom. The number of piperidine rings is 2. The average Bonchev–Trinajstić information content (AvgIpc) is 2.59. The number of hydrogen-bond acceptors (Lipinski definition) is 4. The van der Waals surface area contributed by atoms with Gasteiger partial charge < -0.3 is 14.7 Å². The maximum atomic E-state index is 12.4. The quantitative estimate of drug-likeness (QED) is 0.838. The molecule has 1 atom stereocenters. The molecule has 1 N–H and O–H groups in total. The second-order valence-electron chi connectivity index (χ2n) is 7.38. The van der Waals surface area contributed by atoms with Crippen LogP contribution in [0.25, 0.3) is 0 Å². The van der Waals surface area contributed by atoms with Gasteiger partial charge in [0.1, 0.15) is 5.75 Å². The molecule has 1 aromatic carbocycles. The number of carbonyl (C=O) groups excluding carboxylic acids is 1. The first-order chi connectivity index (χ1) is 12.5. The summed E-state index contributed by atoms with van der Waals surface area (Å²) in [5, 5.41) is 9.19. The van der Waals surface area contributed by atoms with Crippen LogP contribution in [-0.2, 0) is 11.3 Å². The van der Waals surface area contributed by atoms with Crippen LogP contribution in [0.4, 0.5) is 8.78 Å². The van der Waals surface area contributed by atoms with E-state index in [2.05, 4.69) is 9.64 Å². The van der Waals surface area contributed by atoms with Crippen molar-refractivity contribution < 1.29 is 23.4 Å². The molecular formula is C19H26F2N2O3. The molecule has 1 aromatic rings. The van der Waals surface area contributed by atoms with Crippen LogP contribution in [0.1, 0.15) is 31.2 Å². The molecule has 0 saturated carbocycles. The largest absolute Gasteiger partial charge is 0.435 e. The lowest BCUT2D eigenvalue weighted by atomic mass is 9.73. The van der Waals surface area contributed by atoms with Crippen molar-refractivity contribution in [3.05, 3.63) is 29.8 Å². The molecule has 5 nitrogen and oxygen atoms in total. The van der Waals surface area contributed by atoms with E-state index in [-0.39, 0.29) is 23.7 Å². The SMILES string of the molecule is O=C1CC[C@@]2(CCCN(Cc3cccc(OC(F)F)c3)C2)CN1CCO. The molecule has 7 heteroatoms. The molecule has 144 valence electrons. The van der Waals surface area contributed by atoms with Gasteiger partial charge in [-0.25, -0.2) is 0 Å². The highest BCUT2D eigenvalue weighted by atomic mass is 19.3. The molecule has 2 aliphatic heterocycles. The number of aliphatic hydroxyl groups excluding tert-OH is 1. The first-order valence-electron chi connectivity index (χ1n) is 9.14. The van der Waals surface area contributed by atoms with Gasteiger partial charge in [0, 0.05) is 38.0 Å². The molecule has 0 unspecified atom stereocenters. The summed E-state index contributed by atoms with van der Waals surface area (Å²) < 4.78 is 29.3. The molecule has 3 rings (SSSR count). The fourth-order valence-electron chi connectivity index (χ4n) is 4.28. The molecule has 0 aliphatic carbocycles. The van der Waals surface area contributed by atoms with Gasteiger partial charge >= 0.3 is 6.61 Å². The molecule has 1 spiro atoms. The molecule has 2 aliphatic rings. The number of likely N-dealkylation sites (tertiary alicyclic amines) is 2. The van der Waals surface area contributed by atoms with E-state index in [0.29, 0.717) is 26.1 Å². The standard InChI is InChI=1S/C19H26F2N2O3/c20-18(21)26-16-4-1-3-15(11-16)12-22-8-2-6-19(13-22)7-5-17(25)23(14-19)9-10-24/h1,3-4,11,18,24H,2,5-10,12-14H2/t19-/m1/s1. The molecular weight excluding hydrogens is 342 g/mol. The van der Waals surface area contributed by atoms with Gasteiger partial charge in [-0.15, -0.1) is 0 Å². The van der Waals surface area contributed by atoms with Crippen molar-refractivity contribution >= 4 is 5.91 Å². The summed E-state index contributed by atoms with van der Waals surface area (Å²) in [6.45, 7) is 0.766. The number of β-amino-alcohol motifs (C(OH)–C–C–N with tert-alkyl or cyclic N) is 1. The van der Waals surface area contributed by atoms with Crippen LogP contribution in [0.5, 0.6) is 5.75 Å². The summed E-state index contributed by atoms with van der Waals surface area (Å²) in [5.41, 5.74) is 1.01. The third-order valence-corrected chi connectivity index (χ3v) is 5.39. The van der Waals surface area contributed by atoms with E-state index < -0.39 is 6.61 Å². The summed E-state index contributed by atoms with van der Waals surface area (Å²) in [6, 6.07) is 6.85. The van der Waals surface area contributed by atoms with Crippen molar-refractivity contribution in [1.82, 2.24) is 9.80 Å². The summed E-state index contributed by atoms with van der Waals surface area (Å²) in [6.07, 6.45) is 3.53. The minimum absolute atomic E-state index is 0.0114. The predicted molar refractivity (Wildman–Crippen MR) is 92.9 cm³/mol.